The number of carbonyl (C=O) groups excluding carboxylic acids is 1. The van der Waals surface area contributed by atoms with Crippen LogP contribution in [0.25, 0.3) is 0 Å². The first-order valence-corrected chi connectivity index (χ1v) is 7.61. The summed E-state index contributed by atoms with van der Waals surface area (Å²) in [5, 5.41) is 0.457. The molecule has 3 heteroatoms. The van der Waals surface area contributed by atoms with Crippen molar-refractivity contribution in [1.29, 1.82) is 0 Å². The fourth-order valence-corrected chi connectivity index (χ4v) is 2.51. The van der Waals surface area contributed by atoms with Gasteiger partial charge in [0.05, 0.1) is 17.7 Å². The Morgan fingerprint density at radius 2 is 1.73 bits per heavy atom. The topological polar surface area (TPSA) is 26.3 Å². The molecule has 22 heavy (non-hydrogen) atoms. The average molecular weight is 317 g/mol. The Morgan fingerprint density at radius 3 is 2.32 bits per heavy atom. The van der Waals surface area contributed by atoms with Crippen LogP contribution in [0.2, 0.25) is 5.02 Å². The molecule has 0 aliphatic heterocycles. The highest BCUT2D eigenvalue weighted by Gasteiger charge is 2.21. The van der Waals surface area contributed by atoms with Crippen molar-refractivity contribution in [1.82, 2.24) is 0 Å². The first kappa shape index (κ1) is 16.6. The summed E-state index contributed by atoms with van der Waals surface area (Å²) in [6.45, 7) is 8.28. The Hall–Kier alpha value is -1.80. The van der Waals surface area contributed by atoms with E-state index in [9.17, 15) is 4.79 Å². The minimum atomic E-state index is -0.114. The number of benzene rings is 2. The van der Waals surface area contributed by atoms with E-state index >= 15 is 0 Å². The molecule has 2 aromatic rings. The molecule has 0 amide bonds. The second-order valence-electron chi connectivity index (χ2n) is 6.48. The van der Waals surface area contributed by atoms with Gasteiger partial charge in [0.25, 0.3) is 0 Å². The monoisotopic (exact) mass is 316 g/mol. The molecule has 0 saturated heterocycles. The number of carbonyl (C=O) groups is 1. The molecular formula is C19H21ClO2. The molecule has 0 aliphatic rings. The van der Waals surface area contributed by atoms with Crippen LogP contribution in [-0.4, -0.2) is 12.9 Å². The normalized spacial score (nSPS) is 11.4. The molecule has 0 aliphatic carbocycles. The largest absolute Gasteiger partial charge is 0.496 e. The van der Waals surface area contributed by atoms with E-state index in [1.165, 1.54) is 0 Å². The van der Waals surface area contributed by atoms with E-state index in [-0.39, 0.29) is 11.2 Å². The average Bonchev–Trinajstić information content (AvgIpc) is 2.47. The second-order valence-corrected chi connectivity index (χ2v) is 6.88. The van der Waals surface area contributed by atoms with Crippen molar-refractivity contribution in [3.05, 3.63) is 63.7 Å². The Labute approximate surface area is 137 Å². The lowest BCUT2D eigenvalue weighted by molar-refractivity contribution is 0.103. The zero-order chi connectivity index (χ0) is 16.5. The molecule has 0 atom stereocenters. The quantitative estimate of drug-likeness (QED) is 0.729. The SMILES string of the molecule is COc1ccc(C(C)(C)C)cc1C(=O)c1cc(C)ccc1Cl. The fourth-order valence-electron chi connectivity index (χ4n) is 2.31. The highest BCUT2D eigenvalue weighted by atomic mass is 35.5. The summed E-state index contributed by atoms with van der Waals surface area (Å²) >= 11 is 6.20. The minimum Gasteiger partial charge on any atom is -0.496 e. The number of ether oxygens (including phenoxy) is 1. The molecule has 116 valence electrons. The van der Waals surface area contributed by atoms with Gasteiger partial charge >= 0.3 is 0 Å². The van der Waals surface area contributed by atoms with E-state index in [0.717, 1.165) is 11.1 Å². The van der Waals surface area contributed by atoms with E-state index in [1.54, 1.807) is 13.2 Å². The van der Waals surface area contributed by atoms with E-state index < -0.39 is 0 Å². The van der Waals surface area contributed by atoms with Crippen LogP contribution in [0.15, 0.2) is 36.4 Å². The van der Waals surface area contributed by atoms with Gasteiger partial charge in [-0.2, -0.15) is 0 Å². The van der Waals surface area contributed by atoms with Crippen molar-refractivity contribution < 1.29 is 9.53 Å². The van der Waals surface area contributed by atoms with Crippen LogP contribution in [0.4, 0.5) is 0 Å². The predicted octanol–water partition coefficient (Wildman–Crippen LogP) is 5.19. The molecule has 0 unspecified atom stereocenters. The van der Waals surface area contributed by atoms with E-state index in [4.69, 9.17) is 16.3 Å². The zero-order valence-corrected chi connectivity index (χ0v) is 14.4. The van der Waals surface area contributed by atoms with Gasteiger partial charge in [0.1, 0.15) is 5.75 Å². The third-order valence-corrected chi connectivity index (χ3v) is 4.01. The second kappa shape index (κ2) is 6.13. The molecular weight excluding hydrogens is 296 g/mol. The highest BCUT2D eigenvalue weighted by molar-refractivity contribution is 6.35. The molecule has 0 fully saturated rings. The number of halogens is 1. The number of hydrogen-bond donors (Lipinski definition) is 0. The van der Waals surface area contributed by atoms with Crippen molar-refractivity contribution in [2.45, 2.75) is 33.1 Å². The van der Waals surface area contributed by atoms with E-state index in [2.05, 4.69) is 20.8 Å². The summed E-state index contributed by atoms with van der Waals surface area (Å²) in [5.74, 6) is 0.451. The van der Waals surface area contributed by atoms with Crippen molar-refractivity contribution in [2.75, 3.05) is 7.11 Å². The van der Waals surface area contributed by atoms with Gasteiger partial charge < -0.3 is 4.74 Å². The van der Waals surface area contributed by atoms with Gasteiger partial charge in [-0.1, -0.05) is 50.1 Å². The van der Waals surface area contributed by atoms with Gasteiger partial charge in [0.15, 0.2) is 5.78 Å². The summed E-state index contributed by atoms with van der Waals surface area (Å²) in [6, 6.07) is 11.2. The molecule has 0 N–H and O–H groups in total. The van der Waals surface area contributed by atoms with Crippen LogP contribution in [0.3, 0.4) is 0 Å². The zero-order valence-electron chi connectivity index (χ0n) is 13.7. The number of aryl methyl sites for hydroxylation is 1. The first-order valence-electron chi connectivity index (χ1n) is 7.23. The van der Waals surface area contributed by atoms with E-state index in [1.807, 2.05) is 37.3 Å². The lowest BCUT2D eigenvalue weighted by atomic mass is 9.85. The molecule has 0 bridgehead atoms. The molecule has 0 radical (unpaired) electrons. The van der Waals surface area contributed by atoms with Gasteiger partial charge in [-0.05, 0) is 42.2 Å². The molecule has 2 rings (SSSR count). The van der Waals surface area contributed by atoms with Crippen LogP contribution in [-0.2, 0) is 5.41 Å². The molecule has 2 aromatic carbocycles. The lowest BCUT2D eigenvalue weighted by Gasteiger charge is -2.21. The molecule has 0 aromatic heterocycles. The predicted molar refractivity (Wildman–Crippen MR) is 91.3 cm³/mol. The number of hydrogen-bond acceptors (Lipinski definition) is 2. The maximum Gasteiger partial charge on any atom is 0.198 e. The molecule has 2 nitrogen and oxygen atoms in total. The van der Waals surface area contributed by atoms with Crippen molar-refractivity contribution in [3.63, 3.8) is 0 Å². The lowest BCUT2D eigenvalue weighted by Crippen LogP contribution is -2.13. The van der Waals surface area contributed by atoms with Gasteiger partial charge in [-0.25, -0.2) is 0 Å². The maximum atomic E-state index is 12.9. The third kappa shape index (κ3) is 3.33. The minimum absolute atomic E-state index is 0.0439. The summed E-state index contributed by atoms with van der Waals surface area (Å²) in [6.07, 6.45) is 0. The Kier molecular flexibility index (Phi) is 4.62. The van der Waals surface area contributed by atoms with Gasteiger partial charge in [0.2, 0.25) is 0 Å². The Bertz CT molecular complexity index is 712. The van der Waals surface area contributed by atoms with Crippen molar-refractivity contribution in [3.8, 4) is 5.75 Å². The van der Waals surface area contributed by atoms with Gasteiger partial charge in [0, 0.05) is 5.56 Å². The summed E-state index contributed by atoms with van der Waals surface area (Å²) in [7, 11) is 1.57. The number of ketones is 1. The van der Waals surface area contributed by atoms with Crippen molar-refractivity contribution >= 4 is 17.4 Å². The standard InChI is InChI=1S/C19H21ClO2/c1-12-6-8-16(20)14(10-12)18(21)15-11-13(19(2,3)4)7-9-17(15)22-5/h6-11H,1-5H3. The molecule has 0 heterocycles. The van der Waals surface area contributed by atoms with Gasteiger partial charge in [-0.3, -0.25) is 4.79 Å². The number of methoxy groups -OCH3 is 1. The maximum absolute atomic E-state index is 12.9. The first-order chi connectivity index (χ1) is 10.2. The van der Waals surface area contributed by atoms with E-state index in [0.29, 0.717) is 21.9 Å². The van der Waals surface area contributed by atoms with Crippen LogP contribution in [0, 0.1) is 6.92 Å². The van der Waals surface area contributed by atoms with Crippen LogP contribution < -0.4 is 4.74 Å². The third-order valence-electron chi connectivity index (χ3n) is 3.68. The summed E-state index contributed by atoms with van der Waals surface area (Å²) in [5.41, 5.74) is 3.09. The smallest absolute Gasteiger partial charge is 0.198 e. The van der Waals surface area contributed by atoms with Crippen LogP contribution >= 0.6 is 11.6 Å². The summed E-state index contributed by atoms with van der Waals surface area (Å²) in [4.78, 5) is 12.9. The Balaban J connectivity index is 2.59. The van der Waals surface area contributed by atoms with Crippen LogP contribution in [0.5, 0.6) is 5.75 Å². The molecule has 0 saturated carbocycles. The summed E-state index contributed by atoms with van der Waals surface area (Å²) < 4.78 is 5.36. The fraction of sp³-hybridized carbons (Fsp3) is 0.316. The van der Waals surface area contributed by atoms with Crippen molar-refractivity contribution in [2.24, 2.45) is 0 Å². The molecule has 0 spiro atoms. The number of rotatable bonds is 3. The highest BCUT2D eigenvalue weighted by Crippen LogP contribution is 2.31. The Morgan fingerprint density at radius 1 is 1.05 bits per heavy atom. The van der Waals surface area contributed by atoms with Gasteiger partial charge in [-0.15, -0.1) is 0 Å². The van der Waals surface area contributed by atoms with Crippen LogP contribution in [0.1, 0.15) is 47.8 Å².